The average molecular weight is 352 g/mol. The molecule has 0 bridgehead atoms. The minimum Gasteiger partial charge on any atom is -0.497 e. The molecule has 25 heavy (non-hydrogen) atoms. The van der Waals surface area contributed by atoms with E-state index in [0.717, 1.165) is 40.2 Å². The Balaban J connectivity index is 1.70. The maximum Gasteiger partial charge on any atom is 0.204 e. The van der Waals surface area contributed by atoms with E-state index in [9.17, 15) is 0 Å². The molecular formula is C18H18N5OS+. The Morgan fingerprint density at radius 1 is 1.20 bits per heavy atom. The maximum atomic E-state index is 5.22. The Hall–Kier alpha value is -2.80. The van der Waals surface area contributed by atoms with Gasteiger partial charge in [-0.1, -0.05) is 0 Å². The van der Waals surface area contributed by atoms with Gasteiger partial charge in [0.25, 0.3) is 0 Å². The molecule has 126 valence electrons. The lowest BCUT2D eigenvalue weighted by atomic mass is 10.2. The van der Waals surface area contributed by atoms with Crippen molar-refractivity contribution in [3.05, 3.63) is 59.9 Å². The lowest BCUT2D eigenvalue weighted by Crippen LogP contribution is -2.37. The first-order chi connectivity index (χ1) is 12.2. The number of aromatic nitrogens is 5. The number of imidazole rings is 1. The zero-order valence-corrected chi connectivity index (χ0v) is 15.1. The largest absolute Gasteiger partial charge is 0.497 e. The first kappa shape index (κ1) is 15.7. The predicted octanol–water partition coefficient (Wildman–Crippen LogP) is 2.81. The van der Waals surface area contributed by atoms with Gasteiger partial charge in [0, 0.05) is 12.5 Å². The highest BCUT2D eigenvalue weighted by molar-refractivity contribution is 7.09. The average Bonchev–Trinajstić information content (AvgIpc) is 3.24. The Kier molecular flexibility index (Phi) is 3.93. The molecule has 0 spiro atoms. The molecule has 6 nitrogen and oxygen atoms in total. The van der Waals surface area contributed by atoms with Crippen LogP contribution in [0.25, 0.3) is 16.3 Å². The van der Waals surface area contributed by atoms with Crippen LogP contribution in [0.2, 0.25) is 0 Å². The van der Waals surface area contributed by atoms with Crippen LogP contribution in [0.5, 0.6) is 5.75 Å². The first-order valence-corrected chi connectivity index (χ1v) is 8.73. The molecule has 0 saturated carbocycles. The summed E-state index contributed by atoms with van der Waals surface area (Å²) in [5, 5.41) is 0.838. The molecule has 0 unspecified atom stereocenters. The third-order valence-corrected chi connectivity index (χ3v) is 5.03. The van der Waals surface area contributed by atoms with Crippen LogP contribution in [0.4, 0.5) is 0 Å². The van der Waals surface area contributed by atoms with E-state index in [2.05, 4.69) is 48.6 Å². The second-order valence-electron chi connectivity index (χ2n) is 5.84. The second-order valence-corrected chi connectivity index (χ2v) is 6.60. The third kappa shape index (κ3) is 2.87. The van der Waals surface area contributed by atoms with Gasteiger partial charge in [-0.05, 0) is 42.7 Å². The van der Waals surface area contributed by atoms with Crippen LogP contribution in [0, 0.1) is 13.8 Å². The Bertz CT molecular complexity index is 1040. The van der Waals surface area contributed by atoms with Gasteiger partial charge in [-0.2, -0.15) is 8.94 Å². The molecule has 0 radical (unpaired) electrons. The summed E-state index contributed by atoms with van der Waals surface area (Å²) < 4.78 is 13.8. The second kappa shape index (κ2) is 6.25. The van der Waals surface area contributed by atoms with E-state index in [-0.39, 0.29) is 0 Å². The van der Waals surface area contributed by atoms with Gasteiger partial charge in [-0.3, -0.25) is 4.40 Å². The van der Waals surface area contributed by atoms with E-state index >= 15 is 0 Å². The molecule has 7 heteroatoms. The molecule has 4 rings (SSSR count). The minimum absolute atomic E-state index is 0.777. The highest BCUT2D eigenvalue weighted by Crippen LogP contribution is 2.22. The molecular weight excluding hydrogens is 334 g/mol. The van der Waals surface area contributed by atoms with Crippen molar-refractivity contribution in [3.8, 4) is 16.6 Å². The topological polar surface area (TPSA) is 56.2 Å². The number of nitrogens with zero attached hydrogens (tertiary/aromatic N) is 5. The summed E-state index contributed by atoms with van der Waals surface area (Å²) in [4.78, 5) is 9.00. The fourth-order valence-corrected chi connectivity index (χ4v) is 3.50. The van der Waals surface area contributed by atoms with E-state index in [1.165, 1.54) is 17.1 Å². The van der Waals surface area contributed by atoms with Gasteiger partial charge in [0.05, 0.1) is 19.5 Å². The van der Waals surface area contributed by atoms with E-state index < -0.39 is 0 Å². The monoisotopic (exact) mass is 352 g/mol. The van der Waals surface area contributed by atoms with Crippen molar-refractivity contribution in [1.29, 1.82) is 0 Å². The Morgan fingerprint density at radius 3 is 2.68 bits per heavy atom. The van der Waals surface area contributed by atoms with Crippen LogP contribution in [0.15, 0.2) is 42.9 Å². The molecule has 0 aliphatic rings. The quantitative estimate of drug-likeness (QED) is 0.530. The number of hydrogen-bond acceptors (Lipinski definition) is 5. The summed E-state index contributed by atoms with van der Waals surface area (Å²) in [6.07, 6.45) is 6.00. The number of rotatable bonds is 4. The van der Waals surface area contributed by atoms with E-state index in [0.29, 0.717) is 0 Å². The van der Waals surface area contributed by atoms with E-state index in [1.807, 2.05) is 31.5 Å². The summed E-state index contributed by atoms with van der Waals surface area (Å²) in [6, 6.07) is 8.14. The van der Waals surface area contributed by atoms with Crippen LogP contribution < -0.4 is 9.30 Å². The van der Waals surface area contributed by atoms with Crippen LogP contribution in [-0.4, -0.2) is 25.9 Å². The van der Waals surface area contributed by atoms with Gasteiger partial charge < -0.3 is 4.74 Å². The highest BCUT2D eigenvalue weighted by atomic mass is 32.1. The first-order valence-electron chi connectivity index (χ1n) is 7.95. The summed E-state index contributed by atoms with van der Waals surface area (Å²) in [6.45, 7) is 4.80. The van der Waals surface area contributed by atoms with Gasteiger partial charge in [0.1, 0.15) is 17.1 Å². The maximum absolute atomic E-state index is 5.22. The molecule has 4 aromatic rings. The predicted molar refractivity (Wildman–Crippen MR) is 95.9 cm³/mol. The zero-order valence-electron chi connectivity index (χ0n) is 14.3. The van der Waals surface area contributed by atoms with Crippen molar-refractivity contribution in [3.63, 3.8) is 0 Å². The Labute approximate surface area is 149 Å². The fraction of sp³-hybridized carbons (Fsp3) is 0.222. The van der Waals surface area contributed by atoms with Crippen LogP contribution in [0.3, 0.4) is 0 Å². The smallest absolute Gasteiger partial charge is 0.204 e. The molecule has 0 aliphatic carbocycles. The molecule has 0 fully saturated rings. The standard InChI is InChI=1S/C18H18N5OS/c1-12-16-10-19-17(18-20-13(2)21-25-18)23(16)9-8-22(12)11-14-4-6-15(24-3)7-5-14/h4-10H,11H2,1-3H3/q+1. The molecule has 3 aromatic heterocycles. The van der Waals surface area contributed by atoms with Crippen molar-refractivity contribution in [2.75, 3.05) is 7.11 Å². The van der Waals surface area contributed by atoms with Crippen molar-refractivity contribution in [2.24, 2.45) is 0 Å². The van der Waals surface area contributed by atoms with Gasteiger partial charge in [0.2, 0.25) is 5.69 Å². The van der Waals surface area contributed by atoms with E-state index in [4.69, 9.17) is 4.74 Å². The summed E-state index contributed by atoms with van der Waals surface area (Å²) in [5.41, 5.74) is 3.44. The van der Waals surface area contributed by atoms with Crippen LogP contribution in [-0.2, 0) is 6.54 Å². The Morgan fingerprint density at radius 2 is 2.00 bits per heavy atom. The lowest BCUT2D eigenvalue weighted by molar-refractivity contribution is -0.693. The third-order valence-electron chi connectivity index (χ3n) is 4.22. The molecule has 0 aliphatic heterocycles. The molecule has 0 N–H and O–H groups in total. The van der Waals surface area contributed by atoms with Crippen LogP contribution in [0.1, 0.15) is 17.1 Å². The summed E-state index contributed by atoms with van der Waals surface area (Å²) >= 11 is 1.38. The van der Waals surface area contributed by atoms with Crippen molar-refractivity contribution in [2.45, 2.75) is 20.4 Å². The normalized spacial score (nSPS) is 11.2. The number of fused-ring (bicyclic) bond motifs is 1. The van der Waals surface area contributed by atoms with Gasteiger partial charge >= 0.3 is 0 Å². The summed E-state index contributed by atoms with van der Waals surface area (Å²) in [7, 11) is 1.68. The zero-order chi connectivity index (χ0) is 17.4. The fourth-order valence-electron chi connectivity index (χ4n) is 2.83. The molecule has 0 atom stereocenters. The molecule has 1 aromatic carbocycles. The number of benzene rings is 1. The van der Waals surface area contributed by atoms with Gasteiger partial charge in [0.15, 0.2) is 23.6 Å². The minimum atomic E-state index is 0.777. The van der Waals surface area contributed by atoms with Gasteiger partial charge in [-0.15, -0.1) is 0 Å². The van der Waals surface area contributed by atoms with Crippen molar-refractivity contribution < 1.29 is 9.30 Å². The number of hydrogen-bond donors (Lipinski definition) is 0. The SMILES string of the molecule is COc1ccc(C[n+]2ccn3c(-c4nc(C)ns4)ncc3c2C)cc1. The molecule has 0 saturated heterocycles. The van der Waals surface area contributed by atoms with Crippen molar-refractivity contribution in [1.82, 2.24) is 18.7 Å². The van der Waals surface area contributed by atoms with Crippen LogP contribution >= 0.6 is 11.5 Å². The number of aryl methyl sites for hydroxylation is 2. The van der Waals surface area contributed by atoms with Gasteiger partial charge in [-0.25, -0.2) is 9.97 Å². The number of methoxy groups -OCH3 is 1. The number of ether oxygens (including phenoxy) is 1. The summed E-state index contributed by atoms with van der Waals surface area (Å²) in [5.74, 6) is 2.48. The highest BCUT2D eigenvalue weighted by Gasteiger charge is 2.17. The lowest BCUT2D eigenvalue weighted by Gasteiger charge is -2.05. The molecule has 3 heterocycles. The molecule has 0 amide bonds. The van der Waals surface area contributed by atoms with E-state index in [1.54, 1.807) is 7.11 Å². The van der Waals surface area contributed by atoms with Crippen molar-refractivity contribution >= 4 is 17.0 Å².